The number of phenolic OH excluding ortho intramolecular Hbond substituents is 1. The van der Waals surface area contributed by atoms with Crippen LogP contribution in [0.15, 0.2) is 48.5 Å². The molecule has 2 aromatic rings. The molecule has 0 saturated carbocycles. The number of carbonyl (C=O) groups is 1. The number of hydrogen-bond acceptors (Lipinski definition) is 9. The molecule has 0 bridgehead atoms. The number of benzene rings is 2. The van der Waals surface area contributed by atoms with Crippen molar-refractivity contribution in [2.75, 3.05) is 20.3 Å². The van der Waals surface area contributed by atoms with Gasteiger partial charge in [0.1, 0.15) is 30.2 Å². The quantitative estimate of drug-likeness (QED) is 0.274. The van der Waals surface area contributed by atoms with Crippen molar-refractivity contribution in [1.82, 2.24) is 5.32 Å². The molecule has 6 N–H and O–H groups in total. The largest absolute Gasteiger partial charge is 0.504 e. The molecule has 1 amide bonds. The topological polar surface area (TPSA) is 158 Å². The molecule has 0 spiro atoms. The van der Waals surface area contributed by atoms with Gasteiger partial charge >= 0.3 is 0 Å². The number of carbonyl (C=O) groups excluding carboxylic acids is 1. The Labute approximate surface area is 196 Å². The van der Waals surface area contributed by atoms with Crippen molar-refractivity contribution in [2.45, 2.75) is 37.1 Å². The van der Waals surface area contributed by atoms with Crippen LogP contribution >= 0.6 is 0 Å². The first kappa shape index (κ1) is 25.5. The van der Waals surface area contributed by atoms with Crippen molar-refractivity contribution in [3.63, 3.8) is 0 Å². The van der Waals surface area contributed by atoms with E-state index in [1.165, 1.54) is 24.3 Å². The highest BCUT2D eigenvalue weighted by Gasteiger charge is 2.44. The number of hydrogen-bond donors (Lipinski definition) is 6. The van der Waals surface area contributed by atoms with E-state index in [-0.39, 0.29) is 17.4 Å². The van der Waals surface area contributed by atoms with Gasteiger partial charge in [0.15, 0.2) is 11.5 Å². The highest BCUT2D eigenvalue weighted by Crippen LogP contribution is 2.31. The molecule has 10 heteroatoms. The van der Waals surface area contributed by atoms with Crippen LogP contribution in [0.1, 0.15) is 11.1 Å². The predicted octanol–water partition coefficient (Wildman–Crippen LogP) is -0.0484. The first-order valence-corrected chi connectivity index (χ1v) is 10.7. The second-order valence-corrected chi connectivity index (χ2v) is 7.76. The van der Waals surface area contributed by atoms with E-state index in [9.17, 15) is 30.3 Å². The molecule has 10 nitrogen and oxygen atoms in total. The molecule has 1 fully saturated rings. The van der Waals surface area contributed by atoms with Crippen LogP contribution in [0.2, 0.25) is 0 Å². The van der Waals surface area contributed by atoms with Crippen molar-refractivity contribution in [2.24, 2.45) is 0 Å². The molecule has 0 unspecified atom stereocenters. The summed E-state index contributed by atoms with van der Waals surface area (Å²) in [5.74, 6) is 0.127. The molecule has 1 aliphatic heterocycles. The third kappa shape index (κ3) is 6.46. The smallest absolute Gasteiger partial charge is 0.244 e. The Morgan fingerprint density at radius 1 is 1.09 bits per heavy atom. The molecule has 2 aromatic carbocycles. The number of methoxy groups -OCH3 is 1. The molecule has 1 saturated heterocycles. The maximum Gasteiger partial charge on any atom is 0.244 e. The Morgan fingerprint density at radius 3 is 2.47 bits per heavy atom. The zero-order valence-electron chi connectivity index (χ0n) is 18.6. The first-order chi connectivity index (χ1) is 16.3. The normalized spacial score (nSPS) is 24.7. The van der Waals surface area contributed by atoms with Crippen molar-refractivity contribution in [1.29, 1.82) is 0 Å². The third-order valence-corrected chi connectivity index (χ3v) is 5.37. The van der Waals surface area contributed by atoms with Gasteiger partial charge in [0, 0.05) is 12.6 Å². The number of aromatic hydroxyl groups is 1. The Balaban J connectivity index is 1.52. The second-order valence-electron chi connectivity index (χ2n) is 7.76. The van der Waals surface area contributed by atoms with Crippen LogP contribution in [0.25, 0.3) is 6.08 Å². The summed E-state index contributed by atoms with van der Waals surface area (Å²) in [7, 11) is 1.60. The number of phenols is 1. The summed E-state index contributed by atoms with van der Waals surface area (Å²) in [6, 6.07) is 11.9. The summed E-state index contributed by atoms with van der Waals surface area (Å²) in [5.41, 5.74) is 1.58. The van der Waals surface area contributed by atoms with Gasteiger partial charge in [-0.25, -0.2) is 0 Å². The molecule has 0 radical (unpaired) electrons. The summed E-state index contributed by atoms with van der Waals surface area (Å²) in [6.07, 6.45) is -3.74. The number of amides is 1. The molecule has 184 valence electrons. The molecule has 1 aliphatic rings. The van der Waals surface area contributed by atoms with Crippen molar-refractivity contribution >= 4 is 12.0 Å². The zero-order chi connectivity index (χ0) is 24.7. The zero-order valence-corrected chi connectivity index (χ0v) is 18.6. The fourth-order valence-electron chi connectivity index (χ4n) is 3.38. The molecule has 1 heterocycles. The number of aliphatic hydroxyl groups is 4. The van der Waals surface area contributed by atoms with Gasteiger partial charge in [0.25, 0.3) is 0 Å². The summed E-state index contributed by atoms with van der Waals surface area (Å²) in [4.78, 5) is 12.1. The summed E-state index contributed by atoms with van der Waals surface area (Å²) < 4.78 is 15.8. The van der Waals surface area contributed by atoms with E-state index < -0.39 is 37.3 Å². The minimum absolute atomic E-state index is 0.0505. The molecule has 5 atom stereocenters. The van der Waals surface area contributed by atoms with E-state index >= 15 is 0 Å². The van der Waals surface area contributed by atoms with Crippen molar-refractivity contribution < 1.29 is 44.5 Å². The standard InChI is InChI=1S/C24H29NO9/c1-32-16-6-2-14(3-7-16)10-11-25-20(28)9-5-15-4-8-18(17(27)12-15)33-24-23(31)22(30)21(29)19(13-26)34-24/h2-9,12,19,21-24,26-27,29-31H,10-11,13H2,1H3,(H,25,28)/b9-5+/t19-,21-,22+,23-,24-/m1/s1. The molecule has 34 heavy (non-hydrogen) atoms. The average molecular weight is 475 g/mol. The van der Waals surface area contributed by atoms with E-state index in [2.05, 4.69) is 5.32 Å². The maximum atomic E-state index is 12.1. The molecular formula is C24H29NO9. The number of rotatable bonds is 9. The third-order valence-electron chi connectivity index (χ3n) is 5.37. The van der Waals surface area contributed by atoms with Gasteiger partial charge in [0.05, 0.1) is 13.7 Å². The molecule has 0 aromatic heterocycles. The Morgan fingerprint density at radius 2 is 1.82 bits per heavy atom. The minimum Gasteiger partial charge on any atom is -0.504 e. The van der Waals surface area contributed by atoms with Crippen LogP contribution in [-0.4, -0.2) is 82.4 Å². The van der Waals surface area contributed by atoms with Gasteiger partial charge in [-0.05, 0) is 47.9 Å². The van der Waals surface area contributed by atoms with Crippen molar-refractivity contribution in [3.05, 3.63) is 59.7 Å². The highest BCUT2D eigenvalue weighted by atomic mass is 16.7. The van der Waals surface area contributed by atoms with Gasteiger partial charge in [-0.1, -0.05) is 18.2 Å². The number of nitrogens with one attached hydrogen (secondary N) is 1. The van der Waals surface area contributed by atoms with E-state index in [0.717, 1.165) is 11.3 Å². The number of aliphatic hydroxyl groups excluding tert-OH is 4. The fraction of sp³-hybridized carbons (Fsp3) is 0.375. The Kier molecular flexibility index (Phi) is 8.85. The van der Waals surface area contributed by atoms with Crippen LogP contribution in [-0.2, 0) is 16.0 Å². The average Bonchev–Trinajstić information content (AvgIpc) is 2.84. The van der Waals surface area contributed by atoms with Crippen LogP contribution in [0.4, 0.5) is 0 Å². The lowest BCUT2D eigenvalue weighted by atomic mass is 9.99. The van der Waals surface area contributed by atoms with Crippen molar-refractivity contribution in [3.8, 4) is 17.2 Å². The van der Waals surface area contributed by atoms with Gasteiger partial charge in [-0.2, -0.15) is 0 Å². The summed E-state index contributed by atoms with van der Waals surface area (Å²) in [6.45, 7) is -0.144. The van der Waals surface area contributed by atoms with Gasteiger partial charge in [-0.3, -0.25) is 4.79 Å². The fourth-order valence-corrected chi connectivity index (χ4v) is 3.38. The molecule has 0 aliphatic carbocycles. The summed E-state index contributed by atoms with van der Waals surface area (Å²) >= 11 is 0. The maximum absolute atomic E-state index is 12.1. The van der Waals surface area contributed by atoms with E-state index in [1.54, 1.807) is 13.2 Å². The first-order valence-electron chi connectivity index (χ1n) is 10.7. The number of ether oxygens (including phenoxy) is 3. The molecule has 3 rings (SSSR count). The lowest BCUT2D eigenvalue weighted by Gasteiger charge is -2.39. The lowest BCUT2D eigenvalue weighted by molar-refractivity contribution is -0.277. The van der Waals surface area contributed by atoms with Crippen LogP contribution in [0.5, 0.6) is 17.2 Å². The minimum atomic E-state index is -1.60. The van der Waals surface area contributed by atoms with E-state index in [0.29, 0.717) is 18.5 Å². The Hall–Kier alpha value is -3.15. The summed E-state index contributed by atoms with van der Waals surface area (Å²) in [5, 5.41) is 52.0. The van der Waals surface area contributed by atoms with Gasteiger partial charge < -0.3 is 45.1 Å². The Bertz CT molecular complexity index is 977. The van der Waals surface area contributed by atoms with Crippen LogP contribution in [0, 0.1) is 0 Å². The molecular weight excluding hydrogens is 446 g/mol. The van der Waals surface area contributed by atoms with Gasteiger partial charge in [-0.15, -0.1) is 0 Å². The monoisotopic (exact) mass is 475 g/mol. The second kappa shape index (κ2) is 11.8. The highest BCUT2D eigenvalue weighted by molar-refractivity contribution is 5.91. The van der Waals surface area contributed by atoms with Crippen LogP contribution < -0.4 is 14.8 Å². The van der Waals surface area contributed by atoms with Crippen LogP contribution in [0.3, 0.4) is 0 Å². The predicted molar refractivity (Wildman–Crippen MR) is 121 cm³/mol. The lowest BCUT2D eigenvalue weighted by Crippen LogP contribution is -2.60. The van der Waals surface area contributed by atoms with E-state index in [4.69, 9.17) is 14.2 Å². The van der Waals surface area contributed by atoms with Gasteiger partial charge in [0.2, 0.25) is 12.2 Å². The van der Waals surface area contributed by atoms with E-state index in [1.807, 2.05) is 24.3 Å². The SMILES string of the molecule is COc1ccc(CCNC(=O)/C=C/c2ccc(O[C@@H]3O[C@H](CO)[C@@H](O)[C@H](O)[C@H]3O)c(O)c2)cc1.